The van der Waals surface area contributed by atoms with E-state index in [1.165, 1.54) is 0 Å². The van der Waals surface area contributed by atoms with Crippen molar-refractivity contribution in [2.24, 2.45) is 10.7 Å². The Hall–Kier alpha value is -2.87. The second-order valence-electron chi connectivity index (χ2n) is 12.8. The summed E-state index contributed by atoms with van der Waals surface area (Å²) in [7, 11) is 0. The standard InChI is InChI=1S/C30H46N6O2/c1-8-9-12-22-35-24-25(23-21(34-27(24)31)11-10-13-32-23)36(22)15-14-33-28(38)18-16-19(29(2,3)4)26(37)20(17-18)30(5,6)7/h16-17,21,23,32,37H,8-15H2,1-7H3,(H2,31,34)(H,33,38). The van der Waals surface area contributed by atoms with Crippen molar-refractivity contribution in [3.05, 3.63) is 46.0 Å². The van der Waals surface area contributed by atoms with Gasteiger partial charge in [-0.15, -0.1) is 0 Å². The van der Waals surface area contributed by atoms with E-state index >= 15 is 0 Å². The molecule has 4 rings (SSSR count). The van der Waals surface area contributed by atoms with Crippen LogP contribution in [0.1, 0.15) is 119 Å². The highest BCUT2D eigenvalue weighted by Gasteiger charge is 2.37. The van der Waals surface area contributed by atoms with Crippen LogP contribution in [0, 0.1) is 0 Å². The topological polar surface area (TPSA) is 118 Å². The van der Waals surface area contributed by atoms with Crippen molar-refractivity contribution in [3.8, 4) is 5.75 Å². The molecule has 2 aliphatic heterocycles. The lowest BCUT2D eigenvalue weighted by molar-refractivity contribution is 0.0951. The first-order chi connectivity index (χ1) is 17.8. The number of carbonyl (C=O) groups is 1. The minimum Gasteiger partial charge on any atom is -0.507 e. The van der Waals surface area contributed by atoms with Gasteiger partial charge in [-0.2, -0.15) is 0 Å². The number of phenolic OH excluding ortho intramolecular Hbond substituents is 1. The number of nitrogens with two attached hydrogens (primary N) is 1. The number of amidine groups is 1. The van der Waals surface area contributed by atoms with Crippen LogP contribution in [-0.4, -0.2) is 45.5 Å². The highest BCUT2D eigenvalue weighted by atomic mass is 16.3. The number of aliphatic imine (C=N–C) groups is 1. The normalized spacial score (nSPS) is 19.5. The van der Waals surface area contributed by atoms with Crippen LogP contribution in [0.4, 0.5) is 0 Å². The number of amides is 1. The van der Waals surface area contributed by atoms with Gasteiger partial charge in [0.2, 0.25) is 0 Å². The van der Waals surface area contributed by atoms with E-state index in [4.69, 9.17) is 15.7 Å². The highest BCUT2D eigenvalue weighted by Crippen LogP contribution is 2.40. The van der Waals surface area contributed by atoms with Gasteiger partial charge >= 0.3 is 0 Å². The molecule has 0 bridgehead atoms. The number of aromatic hydroxyl groups is 1. The minimum atomic E-state index is -0.296. The molecule has 208 valence electrons. The Balaban J connectivity index is 1.60. The molecule has 2 aromatic rings. The van der Waals surface area contributed by atoms with Crippen LogP contribution in [0.2, 0.25) is 0 Å². The smallest absolute Gasteiger partial charge is 0.251 e. The third-order valence-electron chi connectivity index (χ3n) is 7.72. The van der Waals surface area contributed by atoms with Crippen molar-refractivity contribution < 1.29 is 9.90 Å². The molecule has 1 aromatic carbocycles. The fourth-order valence-corrected chi connectivity index (χ4v) is 5.61. The molecule has 3 heterocycles. The molecule has 8 heteroatoms. The van der Waals surface area contributed by atoms with Crippen molar-refractivity contribution in [2.75, 3.05) is 13.1 Å². The maximum absolute atomic E-state index is 13.4. The van der Waals surface area contributed by atoms with E-state index in [0.29, 0.717) is 24.5 Å². The first-order valence-electron chi connectivity index (χ1n) is 14.2. The number of rotatable bonds is 7. The average Bonchev–Trinajstić information content (AvgIpc) is 3.20. The lowest BCUT2D eigenvalue weighted by Gasteiger charge is -2.34. The summed E-state index contributed by atoms with van der Waals surface area (Å²) in [4.78, 5) is 23.1. The van der Waals surface area contributed by atoms with E-state index < -0.39 is 0 Å². The molecule has 1 saturated heterocycles. The Morgan fingerprint density at radius 1 is 1.18 bits per heavy atom. The highest BCUT2D eigenvalue weighted by molar-refractivity contribution is 5.98. The summed E-state index contributed by atoms with van der Waals surface area (Å²) < 4.78 is 2.26. The Labute approximate surface area is 227 Å². The van der Waals surface area contributed by atoms with Gasteiger partial charge in [-0.1, -0.05) is 54.9 Å². The van der Waals surface area contributed by atoms with Gasteiger partial charge in [0.25, 0.3) is 5.91 Å². The molecule has 0 saturated carbocycles. The second-order valence-corrected chi connectivity index (χ2v) is 12.8. The summed E-state index contributed by atoms with van der Waals surface area (Å²) in [5.74, 6) is 1.67. The Morgan fingerprint density at radius 3 is 2.45 bits per heavy atom. The van der Waals surface area contributed by atoms with Crippen molar-refractivity contribution in [1.29, 1.82) is 0 Å². The number of hydrogen-bond acceptors (Lipinski definition) is 6. The van der Waals surface area contributed by atoms with E-state index in [0.717, 1.165) is 67.0 Å². The Morgan fingerprint density at radius 2 is 1.84 bits per heavy atom. The predicted molar refractivity (Wildman–Crippen MR) is 153 cm³/mol. The molecule has 0 spiro atoms. The van der Waals surface area contributed by atoms with Crippen molar-refractivity contribution >= 4 is 11.7 Å². The summed E-state index contributed by atoms with van der Waals surface area (Å²) in [5, 5.41) is 17.8. The molecule has 2 aliphatic rings. The summed E-state index contributed by atoms with van der Waals surface area (Å²) in [5.41, 5.74) is 9.83. The van der Waals surface area contributed by atoms with Gasteiger partial charge in [-0.25, -0.2) is 4.98 Å². The molecule has 5 N–H and O–H groups in total. The van der Waals surface area contributed by atoms with Crippen molar-refractivity contribution in [2.45, 2.75) is 110 Å². The van der Waals surface area contributed by atoms with E-state index in [9.17, 15) is 9.90 Å². The molecule has 1 amide bonds. The van der Waals surface area contributed by atoms with Crippen LogP contribution in [0.5, 0.6) is 5.75 Å². The lowest BCUT2D eigenvalue weighted by Crippen LogP contribution is -2.43. The molecule has 2 unspecified atom stereocenters. The Bertz CT molecular complexity index is 1180. The number of piperidine rings is 1. The summed E-state index contributed by atoms with van der Waals surface area (Å²) in [6.45, 7) is 16.5. The van der Waals surface area contributed by atoms with E-state index in [-0.39, 0.29) is 34.6 Å². The zero-order valence-electron chi connectivity index (χ0n) is 24.2. The maximum Gasteiger partial charge on any atom is 0.251 e. The van der Waals surface area contributed by atoms with Crippen LogP contribution in [0.15, 0.2) is 17.1 Å². The predicted octanol–water partition coefficient (Wildman–Crippen LogP) is 4.47. The van der Waals surface area contributed by atoms with Gasteiger partial charge in [0.05, 0.1) is 17.8 Å². The average molecular weight is 523 g/mol. The fourth-order valence-electron chi connectivity index (χ4n) is 5.61. The molecule has 2 atom stereocenters. The monoisotopic (exact) mass is 522 g/mol. The first-order valence-corrected chi connectivity index (χ1v) is 14.2. The maximum atomic E-state index is 13.4. The van der Waals surface area contributed by atoms with Crippen LogP contribution in [-0.2, 0) is 23.8 Å². The van der Waals surface area contributed by atoms with Gasteiger partial charge in [0.15, 0.2) is 0 Å². The van der Waals surface area contributed by atoms with Crippen molar-refractivity contribution in [3.63, 3.8) is 0 Å². The fraction of sp³-hybridized carbons (Fsp3) is 0.633. The summed E-state index contributed by atoms with van der Waals surface area (Å²) in [6.07, 6.45) is 5.08. The number of imidazole rings is 1. The summed E-state index contributed by atoms with van der Waals surface area (Å²) >= 11 is 0. The SMILES string of the molecule is CCCCc1nc2c(n1CCNC(=O)c1cc(C(C)(C)C)c(O)c(C(C)(C)C)c1)C1NCCCC1N=C2N. The van der Waals surface area contributed by atoms with Crippen molar-refractivity contribution in [1.82, 2.24) is 20.2 Å². The number of phenols is 1. The zero-order chi connectivity index (χ0) is 27.8. The third kappa shape index (κ3) is 5.60. The van der Waals surface area contributed by atoms with Gasteiger partial charge in [0.1, 0.15) is 23.1 Å². The number of nitrogens with zero attached hydrogens (tertiary/aromatic N) is 3. The molecular weight excluding hydrogens is 476 g/mol. The van der Waals surface area contributed by atoms with Gasteiger partial charge in [0, 0.05) is 36.2 Å². The number of fused-ring (bicyclic) bond motifs is 3. The van der Waals surface area contributed by atoms with E-state index in [1.54, 1.807) is 0 Å². The zero-order valence-corrected chi connectivity index (χ0v) is 24.2. The quantitative estimate of drug-likeness (QED) is 0.428. The van der Waals surface area contributed by atoms with Crippen LogP contribution < -0.4 is 16.4 Å². The van der Waals surface area contributed by atoms with Crippen LogP contribution in [0.3, 0.4) is 0 Å². The van der Waals surface area contributed by atoms with E-state index in [2.05, 4.69) is 63.7 Å². The number of hydrogen-bond donors (Lipinski definition) is 4. The molecular formula is C30H46N6O2. The largest absolute Gasteiger partial charge is 0.507 e. The van der Waals surface area contributed by atoms with Crippen LogP contribution >= 0.6 is 0 Å². The number of nitrogens with one attached hydrogen (secondary N) is 2. The van der Waals surface area contributed by atoms with Gasteiger partial charge in [-0.3, -0.25) is 9.79 Å². The molecule has 1 aromatic heterocycles. The van der Waals surface area contributed by atoms with Gasteiger partial charge in [-0.05, 0) is 48.8 Å². The number of aryl methyl sites for hydroxylation is 1. The van der Waals surface area contributed by atoms with Gasteiger partial charge < -0.3 is 26.0 Å². The molecule has 0 aliphatic carbocycles. The number of aromatic nitrogens is 2. The first kappa shape index (κ1) is 28.1. The van der Waals surface area contributed by atoms with E-state index in [1.807, 2.05) is 12.1 Å². The number of unbranched alkanes of at least 4 members (excludes halogenated alkanes) is 1. The number of benzene rings is 1. The molecule has 8 nitrogen and oxygen atoms in total. The summed E-state index contributed by atoms with van der Waals surface area (Å²) in [6, 6.07) is 3.90. The molecule has 38 heavy (non-hydrogen) atoms. The third-order valence-corrected chi connectivity index (χ3v) is 7.72. The number of carbonyl (C=O) groups excluding carboxylic acids is 1. The molecule has 1 fully saturated rings. The van der Waals surface area contributed by atoms with Crippen LogP contribution in [0.25, 0.3) is 0 Å². The molecule has 0 radical (unpaired) electrons. The Kier molecular flexibility index (Phi) is 7.94. The second kappa shape index (κ2) is 10.7. The minimum absolute atomic E-state index is 0.102. The lowest BCUT2D eigenvalue weighted by atomic mass is 9.78.